The van der Waals surface area contributed by atoms with Crippen molar-refractivity contribution in [3.05, 3.63) is 53.0 Å². The molecule has 4 fully saturated rings. The SMILES string of the molecule is Cc1cc(C)nc(-c2cccc(C[C@H]3[C@@H](NS(C)(=O)=O)C(F)(F)CN3C(=O)C34CC(C3)C4)c2F)c1. The molecule has 1 N–H and O–H groups in total. The molecule has 2 bridgehead atoms. The Morgan fingerprint density at radius 1 is 1.20 bits per heavy atom. The zero-order valence-electron chi connectivity index (χ0n) is 19.8. The Morgan fingerprint density at radius 3 is 2.46 bits per heavy atom. The van der Waals surface area contributed by atoms with Crippen LogP contribution in [0.3, 0.4) is 0 Å². The minimum absolute atomic E-state index is 0.127. The summed E-state index contributed by atoms with van der Waals surface area (Å²) in [6.07, 6.45) is 2.57. The maximum absolute atomic E-state index is 15.7. The van der Waals surface area contributed by atoms with E-state index < -0.39 is 45.8 Å². The number of hydrogen-bond donors (Lipinski definition) is 1. The summed E-state index contributed by atoms with van der Waals surface area (Å²) in [5.74, 6) is -4.02. The van der Waals surface area contributed by atoms with Gasteiger partial charge in [0, 0.05) is 11.3 Å². The molecule has 4 aliphatic rings. The van der Waals surface area contributed by atoms with Crippen LogP contribution in [0.2, 0.25) is 0 Å². The van der Waals surface area contributed by atoms with Gasteiger partial charge in [0.1, 0.15) is 11.9 Å². The zero-order valence-corrected chi connectivity index (χ0v) is 20.6. The van der Waals surface area contributed by atoms with E-state index in [-0.39, 0.29) is 23.5 Å². The highest BCUT2D eigenvalue weighted by Crippen LogP contribution is 2.65. The van der Waals surface area contributed by atoms with Crippen LogP contribution in [0.25, 0.3) is 11.3 Å². The van der Waals surface area contributed by atoms with E-state index in [1.54, 1.807) is 25.1 Å². The van der Waals surface area contributed by atoms with Crippen LogP contribution in [0, 0.1) is 31.0 Å². The first kappa shape index (κ1) is 24.2. The van der Waals surface area contributed by atoms with Crippen molar-refractivity contribution < 1.29 is 26.4 Å². The first-order valence-electron chi connectivity index (χ1n) is 11.7. The Hall–Kier alpha value is -2.46. The zero-order chi connectivity index (χ0) is 25.3. The number of aryl methyl sites for hydroxylation is 2. The lowest BCUT2D eigenvalue weighted by molar-refractivity contribution is -0.178. The highest BCUT2D eigenvalue weighted by molar-refractivity contribution is 7.88. The summed E-state index contributed by atoms with van der Waals surface area (Å²) in [5, 5.41) is 0. The normalized spacial score (nSPS) is 29.0. The molecule has 188 valence electrons. The fourth-order valence-electron chi connectivity index (χ4n) is 5.93. The molecular weight excluding hydrogens is 479 g/mol. The lowest BCUT2D eigenvalue weighted by atomic mass is 9.44. The van der Waals surface area contributed by atoms with E-state index in [0.29, 0.717) is 36.6 Å². The van der Waals surface area contributed by atoms with Crippen LogP contribution in [-0.2, 0) is 21.2 Å². The molecule has 6 nitrogen and oxygen atoms in total. The number of carbonyl (C=O) groups excluding carboxylic acids is 1. The summed E-state index contributed by atoms with van der Waals surface area (Å²) in [4.78, 5) is 18.9. The number of sulfonamides is 1. The van der Waals surface area contributed by atoms with E-state index in [4.69, 9.17) is 0 Å². The van der Waals surface area contributed by atoms with Crippen molar-refractivity contribution in [1.29, 1.82) is 0 Å². The third kappa shape index (κ3) is 4.24. The molecular formula is C25H28F3N3O3S. The lowest BCUT2D eigenvalue weighted by Gasteiger charge is -2.61. The molecule has 0 unspecified atom stereocenters. The molecule has 35 heavy (non-hydrogen) atoms. The average molecular weight is 508 g/mol. The van der Waals surface area contributed by atoms with E-state index in [1.807, 2.05) is 17.7 Å². The number of rotatable bonds is 6. The van der Waals surface area contributed by atoms with Crippen LogP contribution in [0.15, 0.2) is 30.3 Å². The number of hydrogen-bond acceptors (Lipinski definition) is 4. The van der Waals surface area contributed by atoms with Crippen molar-refractivity contribution in [3.63, 3.8) is 0 Å². The second-order valence-corrected chi connectivity index (χ2v) is 12.3. The summed E-state index contributed by atoms with van der Waals surface area (Å²) in [7, 11) is -4.01. The van der Waals surface area contributed by atoms with Gasteiger partial charge in [-0.1, -0.05) is 12.1 Å². The van der Waals surface area contributed by atoms with Crippen molar-refractivity contribution in [2.75, 3.05) is 12.8 Å². The fraction of sp³-hybridized carbons (Fsp3) is 0.520. The number of carbonyl (C=O) groups is 1. The highest BCUT2D eigenvalue weighted by atomic mass is 32.2. The third-order valence-corrected chi connectivity index (χ3v) is 8.28. The van der Waals surface area contributed by atoms with E-state index in [1.165, 1.54) is 6.07 Å². The Bertz CT molecular complexity index is 1280. The first-order valence-corrected chi connectivity index (χ1v) is 13.6. The Labute approximate surface area is 203 Å². The third-order valence-electron chi connectivity index (χ3n) is 7.60. The quantitative estimate of drug-likeness (QED) is 0.648. The van der Waals surface area contributed by atoms with Crippen LogP contribution >= 0.6 is 0 Å². The largest absolute Gasteiger partial charge is 0.331 e. The molecule has 10 heteroatoms. The van der Waals surface area contributed by atoms with Gasteiger partial charge in [-0.2, -0.15) is 0 Å². The second-order valence-electron chi connectivity index (χ2n) is 10.5. The highest BCUT2D eigenvalue weighted by Gasteiger charge is 2.66. The number of alkyl halides is 2. The summed E-state index contributed by atoms with van der Waals surface area (Å²) in [6.45, 7) is 2.78. The number of halogens is 3. The Kier molecular flexibility index (Phi) is 5.56. The van der Waals surface area contributed by atoms with Crippen LogP contribution in [0.5, 0.6) is 0 Å². The number of likely N-dealkylation sites (tertiary alicyclic amines) is 1. The molecule has 2 aromatic rings. The van der Waals surface area contributed by atoms with Crippen molar-refractivity contribution in [1.82, 2.24) is 14.6 Å². The number of aromatic nitrogens is 1. The Balaban J connectivity index is 1.52. The number of benzene rings is 1. The summed E-state index contributed by atoms with van der Waals surface area (Å²) in [6, 6.07) is 5.20. The van der Waals surface area contributed by atoms with Crippen LogP contribution in [0.1, 0.15) is 36.1 Å². The van der Waals surface area contributed by atoms with E-state index in [0.717, 1.165) is 16.7 Å². The number of nitrogens with one attached hydrogen (secondary N) is 1. The van der Waals surface area contributed by atoms with Crippen molar-refractivity contribution >= 4 is 15.9 Å². The molecule has 3 aliphatic carbocycles. The molecule has 1 aliphatic heterocycles. The Morgan fingerprint density at radius 2 is 1.89 bits per heavy atom. The summed E-state index contributed by atoms with van der Waals surface area (Å²) < 4.78 is 71.9. The predicted octanol–water partition coefficient (Wildman–Crippen LogP) is 3.61. The monoisotopic (exact) mass is 507 g/mol. The van der Waals surface area contributed by atoms with Gasteiger partial charge in [0.05, 0.1) is 30.0 Å². The molecule has 0 spiro atoms. The predicted molar refractivity (Wildman–Crippen MR) is 125 cm³/mol. The lowest BCUT2D eigenvalue weighted by Crippen LogP contribution is -2.62. The molecule has 6 rings (SSSR count). The number of amides is 1. The molecule has 0 radical (unpaired) electrons. The van der Waals surface area contributed by atoms with Gasteiger partial charge < -0.3 is 4.90 Å². The minimum Gasteiger partial charge on any atom is -0.331 e. The van der Waals surface area contributed by atoms with Crippen LogP contribution < -0.4 is 4.72 Å². The molecule has 1 aromatic heterocycles. The van der Waals surface area contributed by atoms with Gasteiger partial charge in [0.2, 0.25) is 15.9 Å². The standard InChI is InChI=1S/C25H28F3N3O3S/c1-14-7-15(2)29-19(8-14)18-6-4-5-17(21(18)26)9-20-22(30-35(3,33)34)25(27,28)13-31(20)23(32)24-10-16(11-24)12-24/h4-8,16,20,22,30H,9-13H2,1-3H3/t16?,20-,22+,24?/m0/s1. The van der Waals surface area contributed by atoms with Gasteiger partial charge in [-0.15, -0.1) is 0 Å². The fourth-order valence-corrected chi connectivity index (χ4v) is 6.73. The van der Waals surface area contributed by atoms with Crippen LogP contribution in [-0.4, -0.2) is 55.0 Å². The first-order chi connectivity index (χ1) is 16.3. The molecule has 3 saturated carbocycles. The van der Waals surface area contributed by atoms with Gasteiger partial charge in [-0.3, -0.25) is 9.78 Å². The average Bonchev–Trinajstić information content (AvgIpc) is 2.89. The summed E-state index contributed by atoms with van der Waals surface area (Å²) in [5.41, 5.74) is 1.77. The molecule has 2 heterocycles. The van der Waals surface area contributed by atoms with Gasteiger partial charge in [0.25, 0.3) is 5.92 Å². The molecule has 1 saturated heterocycles. The van der Waals surface area contributed by atoms with Gasteiger partial charge in [0.15, 0.2) is 0 Å². The number of pyridine rings is 1. The van der Waals surface area contributed by atoms with Crippen molar-refractivity contribution in [3.8, 4) is 11.3 Å². The smallest absolute Gasteiger partial charge is 0.283 e. The van der Waals surface area contributed by atoms with Crippen molar-refractivity contribution in [2.24, 2.45) is 11.3 Å². The molecule has 1 aromatic carbocycles. The molecule has 2 atom stereocenters. The van der Waals surface area contributed by atoms with Crippen LogP contribution in [0.4, 0.5) is 13.2 Å². The summed E-state index contributed by atoms with van der Waals surface area (Å²) >= 11 is 0. The van der Waals surface area contributed by atoms with Gasteiger partial charge in [-0.25, -0.2) is 26.3 Å². The maximum Gasteiger partial charge on any atom is 0.283 e. The molecule has 1 amide bonds. The topological polar surface area (TPSA) is 79.4 Å². The van der Waals surface area contributed by atoms with Gasteiger partial charge >= 0.3 is 0 Å². The van der Waals surface area contributed by atoms with Crippen molar-refractivity contribution in [2.45, 2.75) is 57.5 Å². The van der Waals surface area contributed by atoms with E-state index >= 15 is 13.2 Å². The second kappa shape index (κ2) is 8.03. The van der Waals surface area contributed by atoms with E-state index in [9.17, 15) is 13.2 Å². The maximum atomic E-state index is 15.7. The van der Waals surface area contributed by atoms with E-state index in [2.05, 4.69) is 4.98 Å². The van der Waals surface area contributed by atoms with Gasteiger partial charge in [-0.05, 0) is 74.8 Å². The minimum atomic E-state index is -4.01. The number of nitrogens with zero attached hydrogens (tertiary/aromatic N) is 2.